The molecular formula is C6H10O5. The maximum absolute atomic E-state index is 10.7. The summed E-state index contributed by atoms with van der Waals surface area (Å²) in [5, 5.41) is 35.7. The Morgan fingerprint density at radius 3 is 1.91 bits per heavy atom. The van der Waals surface area contributed by atoms with Gasteiger partial charge in [0.05, 0.1) is 0 Å². The van der Waals surface area contributed by atoms with E-state index in [1.807, 2.05) is 0 Å². The topological polar surface area (TPSA) is 98.0 Å². The van der Waals surface area contributed by atoms with Gasteiger partial charge >= 0.3 is 0 Å². The van der Waals surface area contributed by atoms with Crippen molar-refractivity contribution < 1.29 is 25.2 Å². The summed E-state index contributed by atoms with van der Waals surface area (Å²) < 4.78 is 0. The molecule has 0 spiro atoms. The molecule has 4 N–H and O–H groups in total. The molecule has 0 heterocycles. The van der Waals surface area contributed by atoms with Gasteiger partial charge in [-0.2, -0.15) is 0 Å². The lowest BCUT2D eigenvalue weighted by Gasteiger charge is -2.28. The van der Waals surface area contributed by atoms with Crippen LogP contribution in [0.4, 0.5) is 0 Å². The highest BCUT2D eigenvalue weighted by Crippen LogP contribution is 2.37. The number of rotatable bonds is 0. The van der Waals surface area contributed by atoms with Crippen molar-refractivity contribution in [2.45, 2.75) is 24.9 Å². The summed E-state index contributed by atoms with van der Waals surface area (Å²) in [5.74, 6) is -7.55. The van der Waals surface area contributed by atoms with E-state index >= 15 is 0 Å². The zero-order chi connectivity index (χ0) is 8.86. The van der Waals surface area contributed by atoms with E-state index in [-0.39, 0.29) is 6.42 Å². The Morgan fingerprint density at radius 1 is 1.36 bits per heavy atom. The second kappa shape index (κ2) is 2.01. The third kappa shape index (κ3) is 0.893. The molecule has 1 atom stereocenters. The molecule has 1 aliphatic rings. The largest absolute Gasteiger partial charge is 0.361 e. The molecular weight excluding hydrogens is 152 g/mol. The second-order valence-electron chi connectivity index (χ2n) is 2.93. The minimum absolute atomic E-state index is 0.236. The van der Waals surface area contributed by atoms with E-state index in [2.05, 4.69) is 0 Å². The lowest BCUT2D eigenvalue weighted by molar-refractivity contribution is -0.337. The van der Waals surface area contributed by atoms with E-state index < -0.39 is 23.3 Å². The van der Waals surface area contributed by atoms with Crippen LogP contribution in [-0.2, 0) is 4.79 Å². The monoisotopic (exact) mass is 162 g/mol. The molecule has 11 heavy (non-hydrogen) atoms. The summed E-state index contributed by atoms with van der Waals surface area (Å²) in [6, 6.07) is 0. The Kier molecular flexibility index (Phi) is 1.57. The van der Waals surface area contributed by atoms with Crippen LogP contribution in [0, 0.1) is 5.92 Å². The van der Waals surface area contributed by atoms with Crippen LogP contribution in [0.3, 0.4) is 0 Å². The molecule has 0 bridgehead atoms. The van der Waals surface area contributed by atoms with Crippen molar-refractivity contribution in [2.24, 2.45) is 5.92 Å². The van der Waals surface area contributed by atoms with Gasteiger partial charge in [0.25, 0.3) is 5.79 Å². The fourth-order valence-electron chi connectivity index (χ4n) is 1.11. The van der Waals surface area contributed by atoms with Crippen LogP contribution >= 0.6 is 0 Å². The molecule has 0 aromatic carbocycles. The zero-order valence-electron chi connectivity index (χ0n) is 5.98. The molecule has 1 saturated carbocycles. The Labute approximate surface area is 62.9 Å². The Balaban J connectivity index is 3.04. The SMILES string of the molecule is CC1CC(=O)C(O)(O)C1(O)O. The minimum atomic E-state index is -3.01. The number of ketones is 1. The van der Waals surface area contributed by atoms with Crippen molar-refractivity contribution in [3.05, 3.63) is 0 Å². The van der Waals surface area contributed by atoms with Crippen LogP contribution in [0.2, 0.25) is 0 Å². The lowest BCUT2D eigenvalue weighted by atomic mass is 10.0. The molecule has 0 saturated heterocycles. The van der Waals surface area contributed by atoms with Gasteiger partial charge in [-0.05, 0) is 0 Å². The molecule has 0 aromatic heterocycles. The smallest absolute Gasteiger partial charge is 0.280 e. The molecule has 5 heteroatoms. The van der Waals surface area contributed by atoms with Crippen LogP contribution in [0.25, 0.3) is 0 Å². The number of aliphatic hydroxyl groups is 4. The summed E-state index contributed by atoms with van der Waals surface area (Å²) in [7, 11) is 0. The van der Waals surface area contributed by atoms with E-state index in [9.17, 15) is 4.79 Å². The van der Waals surface area contributed by atoms with Crippen molar-refractivity contribution in [3.63, 3.8) is 0 Å². The molecule has 0 radical (unpaired) electrons. The number of carbonyl (C=O) groups excluding carboxylic acids is 1. The molecule has 1 unspecified atom stereocenters. The molecule has 1 rings (SSSR count). The van der Waals surface area contributed by atoms with Gasteiger partial charge in [-0.15, -0.1) is 0 Å². The Morgan fingerprint density at radius 2 is 1.82 bits per heavy atom. The van der Waals surface area contributed by atoms with E-state index in [1.165, 1.54) is 6.92 Å². The molecule has 0 aromatic rings. The maximum atomic E-state index is 10.7. The third-order valence-corrected chi connectivity index (χ3v) is 2.08. The number of carbonyl (C=O) groups is 1. The molecule has 5 nitrogen and oxygen atoms in total. The number of Topliss-reactive ketones (excluding diaryl/α,β-unsaturated/α-hetero) is 1. The molecule has 1 fully saturated rings. The van der Waals surface area contributed by atoms with E-state index in [0.717, 1.165) is 0 Å². The van der Waals surface area contributed by atoms with Crippen LogP contribution in [0.1, 0.15) is 13.3 Å². The predicted octanol–water partition coefficient (Wildman–Crippen LogP) is -2.04. The first-order valence-corrected chi connectivity index (χ1v) is 3.23. The van der Waals surface area contributed by atoms with Crippen molar-refractivity contribution in [3.8, 4) is 0 Å². The minimum Gasteiger partial charge on any atom is -0.361 e. The molecule has 0 amide bonds. The van der Waals surface area contributed by atoms with Crippen LogP contribution in [0.15, 0.2) is 0 Å². The summed E-state index contributed by atoms with van der Waals surface area (Å²) in [5.41, 5.74) is 0. The van der Waals surface area contributed by atoms with Gasteiger partial charge in [0.2, 0.25) is 5.79 Å². The van der Waals surface area contributed by atoms with E-state index in [4.69, 9.17) is 20.4 Å². The molecule has 64 valence electrons. The summed E-state index contributed by atoms with van der Waals surface area (Å²) in [4.78, 5) is 10.7. The average molecular weight is 162 g/mol. The van der Waals surface area contributed by atoms with Crippen molar-refractivity contribution in [2.75, 3.05) is 0 Å². The van der Waals surface area contributed by atoms with Gasteiger partial charge in [-0.25, -0.2) is 0 Å². The summed E-state index contributed by atoms with van der Waals surface area (Å²) >= 11 is 0. The van der Waals surface area contributed by atoms with Crippen LogP contribution in [-0.4, -0.2) is 37.8 Å². The van der Waals surface area contributed by atoms with Crippen molar-refractivity contribution in [1.29, 1.82) is 0 Å². The standard InChI is InChI=1S/C6H10O5/c1-3-2-4(7)6(10,11)5(3,8)9/h3,8-11H,2H2,1H3. The van der Waals surface area contributed by atoms with Crippen LogP contribution < -0.4 is 0 Å². The number of hydrogen-bond donors (Lipinski definition) is 4. The van der Waals surface area contributed by atoms with Gasteiger partial charge in [-0.1, -0.05) is 6.92 Å². The first kappa shape index (κ1) is 8.61. The zero-order valence-corrected chi connectivity index (χ0v) is 5.98. The first-order valence-electron chi connectivity index (χ1n) is 3.23. The van der Waals surface area contributed by atoms with Crippen molar-refractivity contribution >= 4 is 5.78 Å². The van der Waals surface area contributed by atoms with Gasteiger partial charge in [0.15, 0.2) is 5.78 Å². The van der Waals surface area contributed by atoms with Crippen LogP contribution in [0.5, 0.6) is 0 Å². The first-order chi connectivity index (χ1) is 4.80. The van der Waals surface area contributed by atoms with Gasteiger partial charge in [0.1, 0.15) is 0 Å². The Bertz CT molecular complexity index is 195. The normalized spacial score (nSPS) is 34.3. The summed E-state index contributed by atoms with van der Waals surface area (Å²) in [6.45, 7) is 1.35. The van der Waals surface area contributed by atoms with Gasteiger partial charge in [0, 0.05) is 12.3 Å². The van der Waals surface area contributed by atoms with Gasteiger partial charge in [-0.3, -0.25) is 4.79 Å². The van der Waals surface area contributed by atoms with Gasteiger partial charge < -0.3 is 20.4 Å². The lowest BCUT2D eigenvalue weighted by Crippen LogP contribution is -2.56. The number of hydrogen-bond acceptors (Lipinski definition) is 5. The maximum Gasteiger partial charge on any atom is 0.280 e. The average Bonchev–Trinajstić information content (AvgIpc) is 1.95. The van der Waals surface area contributed by atoms with E-state index in [1.54, 1.807) is 0 Å². The highest BCUT2D eigenvalue weighted by molar-refractivity contribution is 5.89. The molecule has 0 aliphatic heterocycles. The fourth-order valence-corrected chi connectivity index (χ4v) is 1.11. The van der Waals surface area contributed by atoms with Crippen molar-refractivity contribution in [1.82, 2.24) is 0 Å². The Hall–Kier alpha value is -0.490. The highest BCUT2D eigenvalue weighted by Gasteiger charge is 2.62. The van der Waals surface area contributed by atoms with E-state index in [0.29, 0.717) is 0 Å². The second-order valence-corrected chi connectivity index (χ2v) is 2.93. The third-order valence-electron chi connectivity index (χ3n) is 2.08. The molecule has 1 aliphatic carbocycles. The summed E-state index contributed by atoms with van der Waals surface area (Å²) in [6.07, 6.45) is -0.236. The predicted molar refractivity (Wildman–Crippen MR) is 33.1 cm³/mol. The quantitative estimate of drug-likeness (QED) is 0.307. The fraction of sp³-hybridized carbons (Fsp3) is 0.833. The highest BCUT2D eigenvalue weighted by atomic mass is 16.6.